The summed E-state index contributed by atoms with van der Waals surface area (Å²) in [5, 5.41) is 14.9. The van der Waals surface area contributed by atoms with Gasteiger partial charge in [-0.1, -0.05) is 41.5 Å². The number of aliphatic carboxylic acids is 1. The smallest absolute Gasteiger partial charge is 0.303 e. The number of hydrogen-bond donors (Lipinski definition) is 3. The number of carboxylic acid groups (broad SMARTS) is 1. The number of carbonyl (C=O) groups is 2. The standard InChI is InChI=1S/C9H12O3S.C8H12OS.3C2H6.CH4N2O2S/c1-2-12-7-5-6-13-8(7)3-4-9(10)11;1-4-9-8-5-6(2)10-7(8)3;3*1-2;2-6(5)3-1-4/h5-6H,2-4H2,1H3,(H,10,11);5H,4H2,1-3H3;3*1-2H3;1H,2H2,(H,3,4). The molecule has 2 heterocycles. The molecule has 0 aliphatic rings. The Kier molecular flexibility index (Phi) is 34.6. The Hall–Kier alpha value is -1.95. The van der Waals surface area contributed by atoms with Crippen molar-refractivity contribution in [1.82, 2.24) is 4.72 Å². The number of amides is 1. The molecule has 8 nitrogen and oxygen atoms in total. The molecule has 0 saturated heterocycles. The van der Waals surface area contributed by atoms with Crippen LogP contribution >= 0.6 is 22.7 Å². The molecule has 35 heavy (non-hydrogen) atoms. The Morgan fingerprint density at radius 2 is 1.60 bits per heavy atom. The molecule has 2 rings (SSSR count). The van der Waals surface area contributed by atoms with Crippen molar-refractivity contribution < 1.29 is 28.4 Å². The van der Waals surface area contributed by atoms with Crippen LogP contribution in [0, 0.1) is 13.8 Å². The number of nitrogens with two attached hydrogens (primary N) is 1. The zero-order chi connectivity index (χ0) is 28.2. The average Bonchev–Trinajstić information content (AvgIpc) is 3.42. The second kappa shape index (κ2) is 30.1. The van der Waals surface area contributed by atoms with E-state index in [9.17, 15) is 13.8 Å². The monoisotopic (exact) mass is 554 g/mol. The van der Waals surface area contributed by atoms with E-state index in [1.165, 1.54) is 9.75 Å². The van der Waals surface area contributed by atoms with Crippen molar-refractivity contribution in [3.8, 4) is 11.5 Å². The summed E-state index contributed by atoms with van der Waals surface area (Å²) in [7, 11) is 0. The fraction of sp³-hybridized carbons (Fsp3) is 0.583. The van der Waals surface area contributed by atoms with Gasteiger partial charge in [-0.15, -0.1) is 22.7 Å². The van der Waals surface area contributed by atoms with Crippen LogP contribution in [0.25, 0.3) is 0 Å². The summed E-state index contributed by atoms with van der Waals surface area (Å²) >= 11 is 1.64. The Morgan fingerprint density at radius 1 is 1.09 bits per heavy atom. The molecular formula is C24H46N2O6S3. The van der Waals surface area contributed by atoms with Crippen LogP contribution in [0.2, 0.25) is 0 Å². The second-order valence-electron chi connectivity index (χ2n) is 5.28. The summed E-state index contributed by atoms with van der Waals surface area (Å²) in [6.07, 6.45) is 0.999. The summed E-state index contributed by atoms with van der Waals surface area (Å²) < 4.78 is 22.1. The number of carbonyl (C=O) groups excluding carboxylic acids is 1. The summed E-state index contributed by atoms with van der Waals surface area (Å²) in [5.41, 5.74) is 0. The molecule has 2 aromatic heterocycles. The quantitative estimate of drug-likeness (QED) is 0.313. The van der Waals surface area contributed by atoms with Crippen molar-refractivity contribution in [2.75, 3.05) is 13.2 Å². The number of thiophene rings is 2. The first kappa shape index (κ1) is 40.2. The predicted molar refractivity (Wildman–Crippen MR) is 152 cm³/mol. The maximum atomic E-state index is 10.3. The minimum Gasteiger partial charge on any atom is -0.493 e. The predicted octanol–water partition coefficient (Wildman–Crippen LogP) is 6.28. The molecule has 0 aliphatic heterocycles. The number of nitrogens with one attached hydrogen (secondary N) is 1. The van der Waals surface area contributed by atoms with Crippen LogP contribution in [0.5, 0.6) is 11.5 Å². The Labute approximate surface area is 223 Å². The summed E-state index contributed by atoms with van der Waals surface area (Å²) in [5.74, 6) is 1.11. The van der Waals surface area contributed by atoms with Crippen molar-refractivity contribution in [3.63, 3.8) is 0 Å². The van der Waals surface area contributed by atoms with Crippen LogP contribution in [0.4, 0.5) is 0 Å². The van der Waals surface area contributed by atoms with E-state index in [1.54, 1.807) is 27.4 Å². The van der Waals surface area contributed by atoms with Gasteiger partial charge < -0.3 is 14.6 Å². The molecule has 1 atom stereocenters. The Morgan fingerprint density at radius 3 is 1.94 bits per heavy atom. The van der Waals surface area contributed by atoms with E-state index < -0.39 is 17.1 Å². The number of ether oxygens (including phenoxy) is 2. The topological polar surface area (TPSA) is 128 Å². The lowest BCUT2D eigenvalue weighted by molar-refractivity contribution is -0.136. The van der Waals surface area contributed by atoms with E-state index in [-0.39, 0.29) is 12.8 Å². The van der Waals surface area contributed by atoms with Gasteiger partial charge in [0, 0.05) is 14.6 Å². The molecule has 0 radical (unpaired) electrons. The molecule has 11 heteroatoms. The highest BCUT2D eigenvalue weighted by molar-refractivity contribution is 7.81. The summed E-state index contributed by atoms with van der Waals surface area (Å²) in [6, 6.07) is 3.97. The van der Waals surface area contributed by atoms with E-state index in [4.69, 9.17) is 14.6 Å². The highest BCUT2D eigenvalue weighted by Crippen LogP contribution is 2.27. The lowest BCUT2D eigenvalue weighted by Gasteiger charge is -2.02. The van der Waals surface area contributed by atoms with Crippen molar-refractivity contribution in [1.29, 1.82) is 0 Å². The lowest BCUT2D eigenvalue weighted by atomic mass is 10.2. The first-order valence-corrected chi connectivity index (χ1v) is 14.6. The van der Waals surface area contributed by atoms with Gasteiger partial charge in [0.1, 0.15) is 11.5 Å². The average molecular weight is 555 g/mol. The molecule has 0 fully saturated rings. The van der Waals surface area contributed by atoms with Crippen LogP contribution in [0.1, 0.15) is 76.4 Å². The van der Waals surface area contributed by atoms with Crippen LogP contribution in [0.3, 0.4) is 0 Å². The van der Waals surface area contributed by atoms with Gasteiger partial charge in [0.2, 0.25) is 6.41 Å². The van der Waals surface area contributed by atoms with Gasteiger partial charge >= 0.3 is 5.97 Å². The third kappa shape index (κ3) is 25.0. The number of hydrogen-bond acceptors (Lipinski definition) is 7. The van der Waals surface area contributed by atoms with Gasteiger partial charge in [-0.3, -0.25) is 14.3 Å². The molecular weight excluding hydrogens is 508 g/mol. The zero-order valence-corrected chi connectivity index (χ0v) is 25.4. The molecule has 2 aromatic rings. The minimum atomic E-state index is -1.68. The van der Waals surface area contributed by atoms with Crippen molar-refractivity contribution in [3.05, 3.63) is 32.1 Å². The minimum absolute atomic E-state index is 0.167. The lowest BCUT2D eigenvalue weighted by Crippen LogP contribution is -2.21. The first-order valence-electron chi connectivity index (χ1n) is 11.7. The van der Waals surface area contributed by atoms with Crippen molar-refractivity contribution >= 4 is 46.2 Å². The van der Waals surface area contributed by atoms with Crippen LogP contribution < -0.4 is 19.3 Å². The summed E-state index contributed by atoms with van der Waals surface area (Å²) in [6.45, 7) is 21.5. The maximum Gasteiger partial charge on any atom is 0.303 e. The SMILES string of the molecule is CC.CC.CC.CCOc1cc(C)sc1C.CCOc1ccsc1CCC(=O)O.NS(=O)NC=O. The van der Waals surface area contributed by atoms with Crippen LogP contribution in [-0.4, -0.2) is 34.9 Å². The third-order valence-corrected chi connectivity index (χ3v) is 5.27. The van der Waals surface area contributed by atoms with Crippen molar-refractivity contribution in [2.24, 2.45) is 5.14 Å². The molecule has 206 valence electrons. The van der Waals surface area contributed by atoms with Gasteiger partial charge in [-0.25, -0.2) is 9.35 Å². The van der Waals surface area contributed by atoms with Crippen LogP contribution in [0.15, 0.2) is 17.5 Å². The van der Waals surface area contributed by atoms with Crippen LogP contribution in [-0.2, 0) is 27.2 Å². The van der Waals surface area contributed by atoms with Gasteiger partial charge in [0.05, 0.1) is 19.6 Å². The highest BCUT2D eigenvalue weighted by Gasteiger charge is 2.06. The number of aryl methyl sites for hydroxylation is 3. The van der Waals surface area contributed by atoms with Crippen molar-refractivity contribution in [2.45, 2.75) is 82.1 Å². The van der Waals surface area contributed by atoms with Gasteiger partial charge in [-0.2, -0.15) is 0 Å². The molecule has 0 bridgehead atoms. The molecule has 0 spiro atoms. The largest absolute Gasteiger partial charge is 0.493 e. The number of rotatable bonds is 9. The highest BCUT2D eigenvalue weighted by atomic mass is 32.2. The second-order valence-corrected chi connectivity index (χ2v) is 8.57. The molecule has 0 aliphatic carbocycles. The molecule has 4 N–H and O–H groups in total. The zero-order valence-electron chi connectivity index (χ0n) is 22.9. The Bertz CT molecular complexity index is 764. The molecule has 0 aromatic carbocycles. The maximum absolute atomic E-state index is 10.3. The normalized spacial score (nSPS) is 9.23. The van der Waals surface area contributed by atoms with Gasteiger partial charge in [0.25, 0.3) is 0 Å². The van der Waals surface area contributed by atoms with E-state index in [0.717, 1.165) is 23.0 Å². The molecule has 0 saturated carbocycles. The van der Waals surface area contributed by atoms with Gasteiger partial charge in [-0.05, 0) is 51.6 Å². The third-order valence-electron chi connectivity index (χ3n) is 3.03. The van der Waals surface area contributed by atoms with Gasteiger partial charge in [0.15, 0.2) is 11.2 Å². The van der Waals surface area contributed by atoms with E-state index >= 15 is 0 Å². The van der Waals surface area contributed by atoms with E-state index in [2.05, 4.69) is 25.1 Å². The molecule has 1 unspecified atom stereocenters. The summed E-state index contributed by atoms with van der Waals surface area (Å²) in [4.78, 5) is 23.2. The first-order chi connectivity index (χ1) is 16.7. The Balaban J connectivity index is -0.000000194. The number of carboxylic acids is 1. The molecule has 1 amide bonds. The van der Waals surface area contributed by atoms with E-state index in [0.29, 0.717) is 13.0 Å². The van der Waals surface area contributed by atoms with E-state index in [1.807, 2.05) is 66.8 Å². The fourth-order valence-electron chi connectivity index (χ4n) is 1.97. The fourth-order valence-corrected chi connectivity index (χ4v) is 3.75.